The lowest BCUT2D eigenvalue weighted by atomic mass is 10.1. The quantitative estimate of drug-likeness (QED) is 0.726. The minimum Gasteiger partial charge on any atom is -0.396 e. The minimum atomic E-state index is 0.189. The maximum atomic E-state index is 9.40. The lowest BCUT2D eigenvalue weighted by Gasteiger charge is -2.24. The molecule has 124 valence electrons. The SMILES string of the molecule is C[C@H](CO)CN(Cc1ccccc1)Cc1cnc2ccccc2n1. The van der Waals surface area contributed by atoms with Crippen LogP contribution >= 0.6 is 0 Å². The molecular weight excluding hydrogens is 298 g/mol. The third kappa shape index (κ3) is 4.37. The second-order valence-electron chi connectivity index (χ2n) is 6.29. The fourth-order valence-electron chi connectivity index (χ4n) is 2.83. The van der Waals surface area contributed by atoms with Gasteiger partial charge in [-0.15, -0.1) is 0 Å². The topological polar surface area (TPSA) is 49.2 Å². The van der Waals surface area contributed by atoms with Crippen LogP contribution in [-0.4, -0.2) is 33.1 Å². The van der Waals surface area contributed by atoms with E-state index in [-0.39, 0.29) is 12.5 Å². The second kappa shape index (κ2) is 7.99. The molecular formula is C20H23N3O. The number of nitrogens with zero attached hydrogens (tertiary/aromatic N) is 3. The Labute approximate surface area is 142 Å². The van der Waals surface area contributed by atoms with Gasteiger partial charge in [-0.1, -0.05) is 49.4 Å². The van der Waals surface area contributed by atoms with E-state index in [0.717, 1.165) is 36.4 Å². The summed E-state index contributed by atoms with van der Waals surface area (Å²) in [6, 6.07) is 18.3. The van der Waals surface area contributed by atoms with Gasteiger partial charge in [0, 0.05) is 26.2 Å². The fraction of sp³-hybridized carbons (Fsp3) is 0.300. The van der Waals surface area contributed by atoms with Gasteiger partial charge < -0.3 is 5.11 Å². The molecule has 0 saturated carbocycles. The molecule has 3 rings (SSSR count). The molecule has 24 heavy (non-hydrogen) atoms. The number of rotatable bonds is 7. The van der Waals surface area contributed by atoms with Crippen molar-refractivity contribution in [2.45, 2.75) is 20.0 Å². The lowest BCUT2D eigenvalue weighted by Crippen LogP contribution is -2.29. The van der Waals surface area contributed by atoms with Crippen LogP contribution in [0.3, 0.4) is 0 Å². The highest BCUT2D eigenvalue weighted by Gasteiger charge is 2.12. The van der Waals surface area contributed by atoms with Crippen molar-refractivity contribution in [2.75, 3.05) is 13.2 Å². The molecule has 1 aromatic heterocycles. The Bertz CT molecular complexity index is 776. The van der Waals surface area contributed by atoms with Crippen molar-refractivity contribution in [3.8, 4) is 0 Å². The highest BCUT2D eigenvalue weighted by molar-refractivity contribution is 5.73. The van der Waals surface area contributed by atoms with Crippen molar-refractivity contribution < 1.29 is 5.11 Å². The van der Waals surface area contributed by atoms with Crippen LogP contribution in [0.15, 0.2) is 60.8 Å². The zero-order valence-corrected chi connectivity index (χ0v) is 14.0. The first-order valence-electron chi connectivity index (χ1n) is 8.32. The Morgan fingerprint density at radius 1 is 0.958 bits per heavy atom. The molecule has 0 unspecified atom stereocenters. The predicted molar refractivity (Wildman–Crippen MR) is 96.3 cm³/mol. The lowest BCUT2D eigenvalue weighted by molar-refractivity contribution is 0.162. The summed E-state index contributed by atoms with van der Waals surface area (Å²) in [6.07, 6.45) is 1.85. The molecule has 1 heterocycles. The van der Waals surface area contributed by atoms with Crippen molar-refractivity contribution in [2.24, 2.45) is 5.92 Å². The highest BCUT2D eigenvalue weighted by Crippen LogP contribution is 2.13. The largest absolute Gasteiger partial charge is 0.396 e. The summed E-state index contributed by atoms with van der Waals surface area (Å²) in [6.45, 7) is 4.62. The van der Waals surface area contributed by atoms with Crippen LogP contribution in [0.1, 0.15) is 18.2 Å². The summed E-state index contributed by atoms with van der Waals surface area (Å²) < 4.78 is 0. The third-order valence-electron chi connectivity index (χ3n) is 4.01. The fourth-order valence-corrected chi connectivity index (χ4v) is 2.83. The molecule has 0 aliphatic heterocycles. The maximum absolute atomic E-state index is 9.40. The van der Waals surface area contributed by atoms with E-state index in [1.165, 1.54) is 5.56 Å². The molecule has 0 aliphatic carbocycles. The van der Waals surface area contributed by atoms with Gasteiger partial charge in [-0.3, -0.25) is 9.88 Å². The maximum Gasteiger partial charge on any atom is 0.0890 e. The van der Waals surface area contributed by atoms with E-state index in [4.69, 9.17) is 4.98 Å². The summed E-state index contributed by atoms with van der Waals surface area (Å²) >= 11 is 0. The van der Waals surface area contributed by atoms with E-state index in [0.29, 0.717) is 0 Å². The molecule has 0 radical (unpaired) electrons. The molecule has 0 bridgehead atoms. The van der Waals surface area contributed by atoms with E-state index >= 15 is 0 Å². The van der Waals surface area contributed by atoms with Crippen LogP contribution in [0.4, 0.5) is 0 Å². The van der Waals surface area contributed by atoms with Gasteiger partial charge in [0.1, 0.15) is 0 Å². The van der Waals surface area contributed by atoms with Gasteiger partial charge in [-0.25, -0.2) is 4.98 Å². The average molecular weight is 321 g/mol. The predicted octanol–water partition coefficient (Wildman–Crippen LogP) is 3.26. The molecule has 1 N–H and O–H groups in total. The van der Waals surface area contributed by atoms with Crippen LogP contribution < -0.4 is 0 Å². The standard InChI is InChI=1S/C20H23N3O/c1-16(15-24)12-23(13-17-7-3-2-4-8-17)14-18-11-21-19-9-5-6-10-20(19)22-18/h2-11,16,24H,12-15H2,1H3/t16-/m0/s1. The number of para-hydroxylation sites is 2. The summed E-state index contributed by atoms with van der Waals surface area (Å²) in [5.41, 5.74) is 4.05. The van der Waals surface area contributed by atoms with Gasteiger partial charge in [0.2, 0.25) is 0 Å². The summed E-state index contributed by atoms with van der Waals surface area (Å²) in [5.74, 6) is 0.224. The first-order valence-corrected chi connectivity index (χ1v) is 8.32. The van der Waals surface area contributed by atoms with Crippen LogP contribution in [0.25, 0.3) is 11.0 Å². The molecule has 3 aromatic rings. The van der Waals surface area contributed by atoms with Gasteiger partial charge >= 0.3 is 0 Å². The van der Waals surface area contributed by atoms with E-state index in [1.54, 1.807) is 0 Å². The normalized spacial score (nSPS) is 12.6. The third-order valence-corrected chi connectivity index (χ3v) is 4.01. The summed E-state index contributed by atoms with van der Waals surface area (Å²) in [5, 5.41) is 9.40. The highest BCUT2D eigenvalue weighted by atomic mass is 16.3. The number of aliphatic hydroxyl groups excluding tert-OH is 1. The number of hydrogen-bond donors (Lipinski definition) is 1. The molecule has 0 amide bonds. The molecule has 4 heteroatoms. The molecule has 4 nitrogen and oxygen atoms in total. The molecule has 0 fully saturated rings. The molecule has 2 aromatic carbocycles. The average Bonchev–Trinajstić information content (AvgIpc) is 2.62. The molecule has 0 saturated heterocycles. The van der Waals surface area contributed by atoms with Gasteiger partial charge in [0.15, 0.2) is 0 Å². The van der Waals surface area contributed by atoms with Gasteiger partial charge in [-0.2, -0.15) is 0 Å². The number of fused-ring (bicyclic) bond motifs is 1. The Morgan fingerprint density at radius 3 is 2.42 bits per heavy atom. The van der Waals surface area contributed by atoms with Gasteiger partial charge in [-0.05, 0) is 23.6 Å². The molecule has 0 spiro atoms. The van der Waals surface area contributed by atoms with E-state index in [2.05, 4.69) is 41.1 Å². The van der Waals surface area contributed by atoms with Crippen molar-refractivity contribution in [3.63, 3.8) is 0 Å². The van der Waals surface area contributed by atoms with Crippen molar-refractivity contribution >= 4 is 11.0 Å². The minimum absolute atomic E-state index is 0.189. The number of aliphatic hydroxyl groups is 1. The van der Waals surface area contributed by atoms with Crippen molar-refractivity contribution in [1.29, 1.82) is 0 Å². The Hall–Kier alpha value is -2.30. The number of hydrogen-bond acceptors (Lipinski definition) is 4. The van der Waals surface area contributed by atoms with Crippen LogP contribution in [0.2, 0.25) is 0 Å². The zero-order valence-electron chi connectivity index (χ0n) is 14.0. The monoisotopic (exact) mass is 321 g/mol. The number of aromatic nitrogens is 2. The van der Waals surface area contributed by atoms with Crippen molar-refractivity contribution in [3.05, 3.63) is 72.1 Å². The number of benzene rings is 2. The first kappa shape index (κ1) is 16.6. The Balaban J connectivity index is 1.78. The van der Waals surface area contributed by atoms with Gasteiger partial charge in [0.05, 0.1) is 22.9 Å². The zero-order chi connectivity index (χ0) is 16.8. The van der Waals surface area contributed by atoms with Crippen LogP contribution in [0, 0.1) is 5.92 Å². The summed E-state index contributed by atoms with van der Waals surface area (Å²) in [4.78, 5) is 11.5. The second-order valence-corrected chi connectivity index (χ2v) is 6.29. The van der Waals surface area contributed by atoms with Crippen LogP contribution in [0.5, 0.6) is 0 Å². The first-order chi connectivity index (χ1) is 11.7. The van der Waals surface area contributed by atoms with E-state index < -0.39 is 0 Å². The molecule has 1 atom stereocenters. The Morgan fingerprint density at radius 2 is 1.67 bits per heavy atom. The Kier molecular flexibility index (Phi) is 5.51. The van der Waals surface area contributed by atoms with Crippen LogP contribution in [-0.2, 0) is 13.1 Å². The van der Waals surface area contributed by atoms with E-state index in [1.807, 2.05) is 36.5 Å². The van der Waals surface area contributed by atoms with Crippen molar-refractivity contribution in [1.82, 2.24) is 14.9 Å². The molecule has 0 aliphatic rings. The summed E-state index contributed by atoms with van der Waals surface area (Å²) in [7, 11) is 0. The van der Waals surface area contributed by atoms with E-state index in [9.17, 15) is 5.11 Å². The van der Waals surface area contributed by atoms with Gasteiger partial charge in [0.25, 0.3) is 0 Å². The smallest absolute Gasteiger partial charge is 0.0890 e.